The molecule has 0 aliphatic rings. The van der Waals surface area contributed by atoms with Crippen molar-refractivity contribution in [3.63, 3.8) is 0 Å². The molecule has 0 unspecified atom stereocenters. The first-order chi connectivity index (χ1) is 11.0. The van der Waals surface area contributed by atoms with Crippen LogP contribution in [0.1, 0.15) is 5.56 Å². The highest BCUT2D eigenvalue weighted by molar-refractivity contribution is 7.85. The number of anilines is 2. The molecular weight excluding hydrogens is 303 g/mol. The van der Waals surface area contributed by atoms with E-state index in [-0.39, 0.29) is 0 Å². The lowest BCUT2D eigenvalue weighted by molar-refractivity contribution is 0.592. The number of benzene rings is 3. The molecule has 0 aliphatic heterocycles. The van der Waals surface area contributed by atoms with Crippen LogP contribution in [-0.2, 0) is 4.57 Å². The minimum absolute atomic E-state index is 0.596. The van der Waals surface area contributed by atoms with E-state index in [2.05, 4.69) is 0 Å². The zero-order valence-electron chi connectivity index (χ0n) is 12.9. The molecule has 0 heterocycles. The van der Waals surface area contributed by atoms with Gasteiger partial charge in [0.2, 0.25) is 0 Å². The Morgan fingerprint density at radius 1 is 0.696 bits per heavy atom. The van der Waals surface area contributed by atoms with Crippen LogP contribution in [-0.4, -0.2) is 0 Å². The summed E-state index contributed by atoms with van der Waals surface area (Å²) in [4.78, 5) is 0. The van der Waals surface area contributed by atoms with Gasteiger partial charge in [-0.2, -0.15) is 0 Å². The average molecular weight is 322 g/mol. The summed E-state index contributed by atoms with van der Waals surface area (Å²) >= 11 is 0. The molecule has 0 atom stereocenters. The quantitative estimate of drug-likeness (QED) is 0.575. The normalized spacial score (nSPS) is 11.3. The van der Waals surface area contributed by atoms with Crippen molar-refractivity contribution < 1.29 is 4.57 Å². The summed E-state index contributed by atoms with van der Waals surface area (Å²) in [5.74, 6) is 0. The Morgan fingerprint density at radius 3 is 1.61 bits per heavy atom. The minimum Gasteiger partial charge on any atom is -0.399 e. The molecule has 3 rings (SSSR count). The Kier molecular flexibility index (Phi) is 3.97. The van der Waals surface area contributed by atoms with Gasteiger partial charge in [-0.05, 0) is 31.2 Å². The molecular formula is C19H19N2OP. The Bertz CT molecular complexity index is 838. The average Bonchev–Trinajstić information content (AvgIpc) is 2.55. The summed E-state index contributed by atoms with van der Waals surface area (Å²) in [5, 5.41) is 2.21. The van der Waals surface area contributed by atoms with Gasteiger partial charge >= 0.3 is 0 Å². The lowest BCUT2D eigenvalue weighted by atomic mass is 10.2. The lowest BCUT2D eigenvalue weighted by Gasteiger charge is -2.20. The maximum Gasteiger partial charge on any atom is 0.171 e. The second kappa shape index (κ2) is 5.94. The summed E-state index contributed by atoms with van der Waals surface area (Å²) < 4.78 is 14.1. The van der Waals surface area contributed by atoms with Gasteiger partial charge in [0.25, 0.3) is 0 Å². The monoisotopic (exact) mass is 322 g/mol. The second-order valence-corrected chi connectivity index (χ2v) is 8.40. The molecule has 116 valence electrons. The summed E-state index contributed by atoms with van der Waals surface area (Å²) in [7, 11) is -3.01. The van der Waals surface area contributed by atoms with Gasteiger partial charge in [0.1, 0.15) is 0 Å². The molecule has 0 amide bonds. The third-order valence-corrected chi connectivity index (χ3v) is 6.90. The molecule has 0 spiro atoms. The lowest BCUT2D eigenvalue weighted by Crippen LogP contribution is -2.25. The number of nitrogens with two attached hydrogens (primary N) is 2. The van der Waals surface area contributed by atoms with Crippen LogP contribution in [0.25, 0.3) is 0 Å². The van der Waals surface area contributed by atoms with E-state index in [4.69, 9.17) is 11.5 Å². The Labute approximate surface area is 136 Å². The standard InChI is InChI=1S/C19H19N2OP/c1-14-8-10-17(11-9-14)23(22,18-6-2-4-15(20)12-18)19-7-3-5-16(21)13-19/h2-13H,20-21H2,1H3. The molecule has 0 saturated carbocycles. The van der Waals surface area contributed by atoms with Crippen LogP contribution in [0, 0.1) is 6.92 Å². The van der Waals surface area contributed by atoms with Crippen molar-refractivity contribution in [3.05, 3.63) is 78.4 Å². The van der Waals surface area contributed by atoms with Gasteiger partial charge in [0.05, 0.1) is 0 Å². The first kappa shape index (κ1) is 15.4. The summed E-state index contributed by atoms with van der Waals surface area (Å²) in [6.07, 6.45) is 0. The van der Waals surface area contributed by atoms with E-state index >= 15 is 0 Å². The fourth-order valence-electron chi connectivity index (χ4n) is 2.64. The number of rotatable bonds is 3. The summed E-state index contributed by atoms with van der Waals surface area (Å²) in [6.45, 7) is 2.01. The van der Waals surface area contributed by atoms with Crippen LogP contribution >= 0.6 is 7.14 Å². The maximum absolute atomic E-state index is 14.1. The topological polar surface area (TPSA) is 69.1 Å². The summed E-state index contributed by atoms with van der Waals surface area (Å²) in [5.41, 5.74) is 14.2. The zero-order chi connectivity index (χ0) is 16.4. The highest BCUT2D eigenvalue weighted by atomic mass is 31.2. The SMILES string of the molecule is Cc1ccc(P(=O)(c2cccc(N)c2)c2cccc(N)c2)cc1. The molecule has 4 N–H and O–H groups in total. The zero-order valence-corrected chi connectivity index (χ0v) is 13.8. The van der Waals surface area contributed by atoms with Crippen LogP contribution in [0.3, 0.4) is 0 Å². The Balaban J connectivity index is 2.29. The van der Waals surface area contributed by atoms with Gasteiger partial charge in [-0.15, -0.1) is 0 Å². The predicted octanol–water partition coefficient (Wildman–Crippen LogP) is 2.80. The third-order valence-electron chi connectivity index (χ3n) is 3.87. The van der Waals surface area contributed by atoms with Crippen molar-refractivity contribution in [1.29, 1.82) is 0 Å². The Morgan fingerprint density at radius 2 is 1.17 bits per heavy atom. The van der Waals surface area contributed by atoms with E-state index in [1.54, 1.807) is 24.3 Å². The van der Waals surface area contributed by atoms with E-state index in [9.17, 15) is 4.57 Å². The van der Waals surface area contributed by atoms with E-state index in [0.717, 1.165) is 10.9 Å². The summed E-state index contributed by atoms with van der Waals surface area (Å²) in [6, 6.07) is 22.3. The predicted molar refractivity (Wildman–Crippen MR) is 99.4 cm³/mol. The van der Waals surface area contributed by atoms with Gasteiger partial charge in [0.15, 0.2) is 7.14 Å². The first-order valence-electron chi connectivity index (χ1n) is 7.39. The van der Waals surface area contributed by atoms with Gasteiger partial charge in [0, 0.05) is 27.3 Å². The number of aryl methyl sites for hydroxylation is 1. The molecule has 23 heavy (non-hydrogen) atoms. The van der Waals surface area contributed by atoms with Gasteiger partial charge in [-0.25, -0.2) is 0 Å². The molecule has 0 fully saturated rings. The van der Waals surface area contributed by atoms with Crippen molar-refractivity contribution in [2.24, 2.45) is 0 Å². The molecule has 3 aromatic carbocycles. The largest absolute Gasteiger partial charge is 0.399 e. The van der Waals surface area contributed by atoms with E-state index < -0.39 is 7.14 Å². The molecule has 4 heteroatoms. The molecule has 3 nitrogen and oxygen atoms in total. The van der Waals surface area contributed by atoms with Crippen LogP contribution in [0.2, 0.25) is 0 Å². The smallest absolute Gasteiger partial charge is 0.171 e. The molecule has 0 aliphatic carbocycles. The molecule has 0 saturated heterocycles. The third kappa shape index (κ3) is 2.88. The van der Waals surface area contributed by atoms with Crippen LogP contribution in [0.5, 0.6) is 0 Å². The molecule has 0 bridgehead atoms. The van der Waals surface area contributed by atoms with Crippen molar-refractivity contribution in [2.75, 3.05) is 11.5 Å². The second-order valence-electron chi connectivity index (χ2n) is 5.63. The fraction of sp³-hybridized carbons (Fsp3) is 0.0526. The van der Waals surface area contributed by atoms with Crippen molar-refractivity contribution in [3.8, 4) is 0 Å². The van der Waals surface area contributed by atoms with Crippen molar-refractivity contribution in [1.82, 2.24) is 0 Å². The highest BCUT2D eigenvalue weighted by Gasteiger charge is 2.29. The number of hydrogen-bond acceptors (Lipinski definition) is 3. The minimum atomic E-state index is -3.01. The van der Waals surface area contributed by atoms with Crippen LogP contribution in [0.4, 0.5) is 11.4 Å². The number of hydrogen-bond donors (Lipinski definition) is 2. The highest BCUT2D eigenvalue weighted by Crippen LogP contribution is 2.43. The Hall–Kier alpha value is -2.51. The van der Waals surface area contributed by atoms with E-state index in [0.29, 0.717) is 22.0 Å². The first-order valence-corrected chi connectivity index (χ1v) is 9.10. The van der Waals surface area contributed by atoms with Gasteiger partial charge in [-0.3, -0.25) is 0 Å². The fourth-order valence-corrected chi connectivity index (χ4v) is 5.36. The van der Waals surface area contributed by atoms with E-state index in [1.165, 1.54) is 0 Å². The molecule has 0 aromatic heterocycles. The van der Waals surface area contributed by atoms with Crippen LogP contribution in [0.15, 0.2) is 72.8 Å². The molecule has 3 aromatic rings. The van der Waals surface area contributed by atoms with Crippen molar-refractivity contribution in [2.45, 2.75) is 6.92 Å². The van der Waals surface area contributed by atoms with E-state index in [1.807, 2.05) is 55.5 Å². The van der Waals surface area contributed by atoms with Crippen LogP contribution < -0.4 is 27.4 Å². The molecule has 0 radical (unpaired) electrons. The maximum atomic E-state index is 14.1. The van der Waals surface area contributed by atoms with Crippen molar-refractivity contribution >= 4 is 34.4 Å². The number of nitrogen functional groups attached to an aromatic ring is 2. The van der Waals surface area contributed by atoms with Gasteiger partial charge < -0.3 is 16.0 Å². The van der Waals surface area contributed by atoms with Gasteiger partial charge in [-0.1, -0.05) is 54.1 Å².